The van der Waals surface area contributed by atoms with Crippen LogP contribution in [0.25, 0.3) is 10.9 Å². The number of rotatable bonds is 9. The van der Waals surface area contributed by atoms with E-state index >= 15 is 0 Å². The fourth-order valence-corrected chi connectivity index (χ4v) is 4.42. The Morgan fingerprint density at radius 1 is 1.09 bits per heavy atom. The van der Waals surface area contributed by atoms with Crippen molar-refractivity contribution in [2.45, 2.75) is 24.5 Å². The third-order valence-electron chi connectivity index (χ3n) is 5.28. The number of benzene rings is 3. The number of aryl methyl sites for hydroxylation is 1. The molecule has 4 aromatic rings. The first-order valence-electron chi connectivity index (χ1n) is 10.8. The topological polar surface area (TPSA) is 107 Å². The quantitative estimate of drug-likeness (QED) is 0.156. The largest absolute Gasteiger partial charge is 0.325 e. The molecule has 0 saturated carbocycles. The van der Waals surface area contributed by atoms with E-state index in [0.29, 0.717) is 29.0 Å². The zero-order valence-electron chi connectivity index (χ0n) is 18.5. The van der Waals surface area contributed by atoms with Gasteiger partial charge in [0.05, 0.1) is 21.6 Å². The van der Waals surface area contributed by atoms with Gasteiger partial charge in [-0.05, 0) is 42.7 Å². The summed E-state index contributed by atoms with van der Waals surface area (Å²) < 4.78 is 15.1. The van der Waals surface area contributed by atoms with Crippen LogP contribution in [0.3, 0.4) is 0 Å². The second-order valence-corrected chi connectivity index (χ2v) is 8.66. The Labute approximate surface area is 204 Å². The summed E-state index contributed by atoms with van der Waals surface area (Å²) in [6, 6.07) is 20.1. The fraction of sp³-hybridized carbons (Fsp3) is 0.160. The molecule has 1 heterocycles. The fourth-order valence-electron chi connectivity index (χ4n) is 3.60. The van der Waals surface area contributed by atoms with Crippen LogP contribution in [0.2, 0.25) is 0 Å². The van der Waals surface area contributed by atoms with Crippen LogP contribution in [0.5, 0.6) is 0 Å². The Bertz CT molecular complexity index is 1440. The summed E-state index contributed by atoms with van der Waals surface area (Å²) in [5.41, 5.74) is 0.903. The normalized spacial score (nSPS) is 10.9. The van der Waals surface area contributed by atoms with Crippen LogP contribution in [0.4, 0.5) is 15.8 Å². The van der Waals surface area contributed by atoms with E-state index in [2.05, 4.69) is 10.3 Å². The van der Waals surface area contributed by atoms with Crippen molar-refractivity contribution in [1.82, 2.24) is 9.55 Å². The Morgan fingerprint density at radius 2 is 1.83 bits per heavy atom. The second-order valence-electron chi connectivity index (χ2n) is 7.72. The van der Waals surface area contributed by atoms with Gasteiger partial charge in [-0.2, -0.15) is 4.39 Å². The van der Waals surface area contributed by atoms with E-state index in [9.17, 15) is 24.1 Å². The van der Waals surface area contributed by atoms with Crippen LogP contribution in [0.1, 0.15) is 12.0 Å². The summed E-state index contributed by atoms with van der Waals surface area (Å²) in [7, 11) is 0. The second kappa shape index (κ2) is 10.9. The minimum Gasteiger partial charge on any atom is -0.325 e. The minimum atomic E-state index is -0.984. The Hall–Kier alpha value is -4.05. The molecule has 0 spiro atoms. The van der Waals surface area contributed by atoms with Crippen LogP contribution in [0, 0.1) is 15.9 Å². The SMILES string of the molecule is O=C(CSc1nc2ccccc2c(=O)n1CCCc1ccccc1)Nc1ccc(F)c([N+](=O)[O-])c1. The number of halogens is 1. The number of nitro groups is 1. The lowest BCUT2D eigenvalue weighted by Crippen LogP contribution is -2.24. The maximum atomic E-state index is 13.5. The first kappa shape index (κ1) is 24.1. The highest BCUT2D eigenvalue weighted by Gasteiger charge is 2.17. The van der Waals surface area contributed by atoms with Crippen molar-refractivity contribution in [2.75, 3.05) is 11.1 Å². The summed E-state index contributed by atoms with van der Waals surface area (Å²) in [6.45, 7) is 0.430. The van der Waals surface area contributed by atoms with Crippen molar-refractivity contribution in [3.05, 3.63) is 105 Å². The molecule has 0 atom stereocenters. The van der Waals surface area contributed by atoms with Crippen LogP contribution in [0.15, 0.2) is 82.7 Å². The smallest absolute Gasteiger partial charge is 0.306 e. The van der Waals surface area contributed by atoms with Gasteiger partial charge in [-0.3, -0.25) is 24.3 Å². The molecule has 1 aromatic heterocycles. The number of hydrogen-bond acceptors (Lipinski definition) is 6. The van der Waals surface area contributed by atoms with Crippen molar-refractivity contribution in [3.8, 4) is 0 Å². The van der Waals surface area contributed by atoms with E-state index in [1.807, 2.05) is 30.3 Å². The Morgan fingerprint density at radius 3 is 2.60 bits per heavy atom. The van der Waals surface area contributed by atoms with Crippen molar-refractivity contribution in [2.24, 2.45) is 0 Å². The monoisotopic (exact) mass is 492 g/mol. The van der Waals surface area contributed by atoms with Crippen molar-refractivity contribution in [3.63, 3.8) is 0 Å². The molecule has 0 aliphatic carbocycles. The molecule has 0 fully saturated rings. The van der Waals surface area contributed by atoms with Crippen LogP contribution >= 0.6 is 11.8 Å². The number of aromatic nitrogens is 2. The first-order chi connectivity index (χ1) is 16.9. The van der Waals surface area contributed by atoms with Gasteiger partial charge in [0.2, 0.25) is 11.7 Å². The lowest BCUT2D eigenvalue weighted by Gasteiger charge is -2.13. The van der Waals surface area contributed by atoms with E-state index in [0.717, 1.165) is 35.9 Å². The molecule has 0 unspecified atom stereocenters. The number of anilines is 1. The molecule has 8 nitrogen and oxygen atoms in total. The highest BCUT2D eigenvalue weighted by Crippen LogP contribution is 2.23. The molecule has 178 valence electrons. The average Bonchev–Trinajstić information content (AvgIpc) is 2.86. The molecule has 3 aromatic carbocycles. The van der Waals surface area contributed by atoms with Crippen molar-refractivity contribution < 1.29 is 14.1 Å². The molecule has 0 saturated heterocycles. The Kier molecular flexibility index (Phi) is 7.51. The maximum absolute atomic E-state index is 13.5. The third-order valence-corrected chi connectivity index (χ3v) is 6.25. The molecule has 35 heavy (non-hydrogen) atoms. The van der Waals surface area contributed by atoms with E-state index < -0.39 is 22.3 Å². The molecule has 10 heteroatoms. The number of amides is 1. The van der Waals surface area contributed by atoms with Crippen molar-refractivity contribution in [1.29, 1.82) is 0 Å². The third kappa shape index (κ3) is 5.90. The molecule has 0 radical (unpaired) electrons. The molecule has 0 bridgehead atoms. The first-order valence-corrected chi connectivity index (χ1v) is 11.8. The number of carbonyl (C=O) groups is 1. The predicted molar refractivity (Wildman–Crippen MR) is 133 cm³/mol. The summed E-state index contributed by atoms with van der Waals surface area (Å²) in [5, 5.41) is 14.4. The molecular weight excluding hydrogens is 471 g/mol. The lowest BCUT2D eigenvalue weighted by molar-refractivity contribution is -0.387. The molecule has 1 amide bonds. The van der Waals surface area contributed by atoms with Gasteiger partial charge < -0.3 is 5.32 Å². The zero-order chi connectivity index (χ0) is 24.8. The molecule has 0 aliphatic heterocycles. The number of nitro benzene ring substituents is 1. The molecular formula is C25H21FN4O4S. The van der Waals surface area contributed by atoms with Crippen LogP contribution in [-0.2, 0) is 17.8 Å². The number of thioether (sulfide) groups is 1. The zero-order valence-corrected chi connectivity index (χ0v) is 19.3. The number of fused-ring (bicyclic) bond motifs is 1. The molecule has 1 N–H and O–H groups in total. The highest BCUT2D eigenvalue weighted by atomic mass is 32.2. The number of nitrogens with one attached hydrogen (secondary N) is 1. The van der Waals surface area contributed by atoms with Crippen molar-refractivity contribution >= 4 is 39.9 Å². The van der Waals surface area contributed by atoms with Crippen LogP contribution in [-0.4, -0.2) is 26.1 Å². The van der Waals surface area contributed by atoms with Gasteiger partial charge in [0, 0.05) is 18.3 Å². The predicted octanol–water partition coefficient (Wildman–Crippen LogP) is 4.81. The number of para-hydroxylation sites is 1. The van der Waals surface area contributed by atoms with E-state index in [1.54, 1.807) is 28.8 Å². The number of hydrogen-bond donors (Lipinski definition) is 1. The van der Waals surface area contributed by atoms with E-state index in [-0.39, 0.29) is 17.0 Å². The van der Waals surface area contributed by atoms with Gasteiger partial charge in [0.25, 0.3) is 5.56 Å². The molecule has 0 aliphatic rings. The van der Waals surface area contributed by atoms with Gasteiger partial charge >= 0.3 is 5.69 Å². The standard InChI is InChI=1S/C25H21FN4O4S/c26-20-13-12-18(15-22(20)30(33)34)27-23(31)16-35-25-28-21-11-5-4-10-19(21)24(32)29(25)14-6-9-17-7-2-1-3-8-17/h1-5,7-8,10-13,15H,6,9,14,16H2,(H,27,31). The highest BCUT2D eigenvalue weighted by molar-refractivity contribution is 7.99. The van der Waals surface area contributed by atoms with Crippen LogP contribution < -0.4 is 10.9 Å². The lowest BCUT2D eigenvalue weighted by atomic mass is 10.1. The van der Waals surface area contributed by atoms with Gasteiger partial charge in [-0.1, -0.05) is 54.2 Å². The minimum absolute atomic E-state index is 0.0887. The number of nitrogens with zero attached hydrogens (tertiary/aromatic N) is 3. The van der Waals surface area contributed by atoms with Gasteiger partial charge in [-0.15, -0.1) is 0 Å². The average molecular weight is 493 g/mol. The summed E-state index contributed by atoms with van der Waals surface area (Å²) >= 11 is 1.10. The summed E-state index contributed by atoms with van der Waals surface area (Å²) in [6.07, 6.45) is 1.50. The van der Waals surface area contributed by atoms with E-state index in [1.165, 1.54) is 6.07 Å². The van der Waals surface area contributed by atoms with E-state index in [4.69, 9.17) is 0 Å². The van der Waals surface area contributed by atoms with Gasteiger partial charge in [0.15, 0.2) is 5.16 Å². The maximum Gasteiger partial charge on any atom is 0.306 e. The summed E-state index contributed by atoms with van der Waals surface area (Å²) in [5.74, 6) is -1.54. The summed E-state index contributed by atoms with van der Waals surface area (Å²) in [4.78, 5) is 40.3. The number of carbonyl (C=O) groups excluding carboxylic acids is 1. The van der Waals surface area contributed by atoms with Gasteiger partial charge in [-0.25, -0.2) is 4.98 Å². The molecule has 4 rings (SSSR count). The van der Waals surface area contributed by atoms with Gasteiger partial charge in [0.1, 0.15) is 0 Å². The Balaban J connectivity index is 1.50.